The topological polar surface area (TPSA) is 171 Å². The van der Waals surface area contributed by atoms with Gasteiger partial charge in [-0.3, -0.25) is 4.79 Å². The van der Waals surface area contributed by atoms with Crippen LogP contribution in [0.1, 0.15) is 48.1 Å². The standard InChI is InChI=1S/C23H30N8O3/c1-22(33)12-23(5-7-30(8-6-23)20(32)15-4-2-3-14(9-15)10-24)34-11-16(22)31-13-27-17-18(25)28-21(26)29-19(17)31/h2-4,9,13,16,33H,5-8,10-12,24H2,1H3,(H4,25,26,28,29)/t16-,22-/m1/s1. The molecule has 11 heteroatoms. The summed E-state index contributed by atoms with van der Waals surface area (Å²) in [6, 6.07) is 7.01. The molecule has 180 valence electrons. The summed E-state index contributed by atoms with van der Waals surface area (Å²) in [5.41, 5.74) is 18.3. The van der Waals surface area contributed by atoms with Crippen LogP contribution in [0.2, 0.25) is 0 Å². The maximum absolute atomic E-state index is 13.0. The first kappa shape index (κ1) is 22.5. The molecular weight excluding hydrogens is 436 g/mol. The third-order valence-corrected chi connectivity index (χ3v) is 7.12. The number of likely N-dealkylation sites (tertiary alicyclic amines) is 1. The van der Waals surface area contributed by atoms with E-state index in [9.17, 15) is 9.90 Å². The highest BCUT2D eigenvalue weighted by Gasteiger charge is 2.50. The molecule has 2 aromatic heterocycles. The zero-order valence-electron chi connectivity index (χ0n) is 19.1. The Hall–Kier alpha value is -3.28. The summed E-state index contributed by atoms with van der Waals surface area (Å²) < 4.78 is 8.15. The molecule has 7 N–H and O–H groups in total. The van der Waals surface area contributed by atoms with Crippen molar-refractivity contribution < 1.29 is 14.6 Å². The lowest BCUT2D eigenvalue weighted by Gasteiger charge is -2.51. The van der Waals surface area contributed by atoms with Crippen LogP contribution in [0.15, 0.2) is 30.6 Å². The van der Waals surface area contributed by atoms with Gasteiger partial charge >= 0.3 is 0 Å². The predicted octanol–water partition coefficient (Wildman–Crippen LogP) is 0.837. The normalized spacial score (nSPS) is 24.6. The van der Waals surface area contributed by atoms with Crippen molar-refractivity contribution in [2.75, 3.05) is 31.2 Å². The minimum absolute atomic E-state index is 0.00894. The van der Waals surface area contributed by atoms with Gasteiger partial charge in [-0.2, -0.15) is 9.97 Å². The largest absolute Gasteiger partial charge is 0.388 e. The highest BCUT2D eigenvalue weighted by molar-refractivity contribution is 5.94. The number of amides is 1. The molecule has 0 aliphatic carbocycles. The minimum Gasteiger partial charge on any atom is -0.388 e. The van der Waals surface area contributed by atoms with Crippen LogP contribution in [0.4, 0.5) is 11.8 Å². The lowest BCUT2D eigenvalue weighted by atomic mass is 9.75. The Bertz CT molecular complexity index is 1230. The van der Waals surface area contributed by atoms with Crippen LogP contribution >= 0.6 is 0 Å². The number of nitrogens with two attached hydrogens (primary N) is 3. The molecule has 5 rings (SSSR count). The summed E-state index contributed by atoms with van der Waals surface area (Å²) in [5, 5.41) is 11.5. The molecule has 0 saturated carbocycles. The zero-order valence-corrected chi connectivity index (χ0v) is 19.1. The van der Waals surface area contributed by atoms with E-state index >= 15 is 0 Å². The van der Waals surface area contributed by atoms with E-state index in [1.165, 1.54) is 0 Å². The summed E-state index contributed by atoms with van der Waals surface area (Å²) >= 11 is 0. The summed E-state index contributed by atoms with van der Waals surface area (Å²) in [6.07, 6.45) is 3.30. The van der Waals surface area contributed by atoms with Gasteiger partial charge in [0.05, 0.1) is 30.2 Å². The van der Waals surface area contributed by atoms with Crippen molar-refractivity contribution in [2.45, 2.75) is 50.0 Å². The second-order valence-electron chi connectivity index (χ2n) is 9.53. The van der Waals surface area contributed by atoms with Crippen LogP contribution in [-0.4, -0.2) is 66.3 Å². The molecule has 3 aromatic rings. The van der Waals surface area contributed by atoms with Gasteiger partial charge in [0.2, 0.25) is 5.95 Å². The highest BCUT2D eigenvalue weighted by atomic mass is 16.5. The van der Waals surface area contributed by atoms with Gasteiger partial charge in [-0.1, -0.05) is 12.1 Å². The van der Waals surface area contributed by atoms with Crippen molar-refractivity contribution in [3.05, 3.63) is 41.7 Å². The van der Waals surface area contributed by atoms with Gasteiger partial charge in [0.15, 0.2) is 11.5 Å². The Morgan fingerprint density at radius 2 is 2.03 bits per heavy atom. The van der Waals surface area contributed by atoms with Crippen LogP contribution in [0, 0.1) is 0 Å². The minimum atomic E-state index is -1.10. The van der Waals surface area contributed by atoms with E-state index < -0.39 is 17.2 Å². The number of carbonyl (C=O) groups excluding carboxylic acids is 1. The van der Waals surface area contributed by atoms with E-state index in [1.54, 1.807) is 17.8 Å². The maximum Gasteiger partial charge on any atom is 0.253 e. The predicted molar refractivity (Wildman–Crippen MR) is 127 cm³/mol. The van der Waals surface area contributed by atoms with Crippen molar-refractivity contribution in [3.8, 4) is 0 Å². The number of benzene rings is 1. The molecule has 1 amide bonds. The van der Waals surface area contributed by atoms with Crippen LogP contribution in [-0.2, 0) is 11.3 Å². The molecule has 1 spiro atoms. The average Bonchev–Trinajstić information content (AvgIpc) is 3.22. The van der Waals surface area contributed by atoms with Crippen LogP contribution in [0.3, 0.4) is 0 Å². The molecule has 0 bridgehead atoms. The Kier molecular flexibility index (Phi) is 5.42. The number of fused-ring (bicyclic) bond motifs is 1. The van der Waals surface area contributed by atoms with Gasteiger partial charge in [0, 0.05) is 31.6 Å². The molecule has 2 aliphatic rings. The second-order valence-corrected chi connectivity index (χ2v) is 9.53. The molecule has 34 heavy (non-hydrogen) atoms. The number of carbonyl (C=O) groups is 1. The van der Waals surface area contributed by atoms with E-state index in [2.05, 4.69) is 15.0 Å². The number of rotatable bonds is 3. The highest BCUT2D eigenvalue weighted by Crippen LogP contribution is 2.44. The Balaban J connectivity index is 1.31. The number of anilines is 2. The van der Waals surface area contributed by atoms with Crippen molar-refractivity contribution in [1.82, 2.24) is 24.4 Å². The monoisotopic (exact) mass is 466 g/mol. The van der Waals surface area contributed by atoms with Crippen molar-refractivity contribution in [2.24, 2.45) is 5.73 Å². The third-order valence-electron chi connectivity index (χ3n) is 7.12. The number of nitrogens with zero attached hydrogens (tertiary/aromatic N) is 5. The van der Waals surface area contributed by atoms with Gasteiger partial charge < -0.3 is 36.5 Å². The first-order valence-electron chi connectivity index (χ1n) is 11.4. The fourth-order valence-electron chi connectivity index (χ4n) is 5.27. The Morgan fingerprint density at radius 3 is 2.74 bits per heavy atom. The number of imidazole rings is 1. The van der Waals surface area contributed by atoms with Crippen molar-refractivity contribution in [1.29, 1.82) is 0 Å². The third kappa shape index (κ3) is 3.85. The molecule has 4 heterocycles. The molecular formula is C23H30N8O3. The van der Waals surface area contributed by atoms with Crippen LogP contribution in [0.5, 0.6) is 0 Å². The van der Waals surface area contributed by atoms with Gasteiger partial charge in [-0.05, 0) is 37.5 Å². The van der Waals surface area contributed by atoms with E-state index in [-0.39, 0.29) is 24.3 Å². The number of aliphatic hydroxyl groups is 1. The number of nitrogen functional groups attached to an aromatic ring is 2. The van der Waals surface area contributed by atoms with Crippen LogP contribution in [0.25, 0.3) is 11.2 Å². The summed E-state index contributed by atoms with van der Waals surface area (Å²) in [6.45, 7) is 3.58. The number of piperidine rings is 1. The van der Waals surface area contributed by atoms with E-state index in [0.29, 0.717) is 55.6 Å². The molecule has 0 unspecified atom stereocenters. The van der Waals surface area contributed by atoms with Crippen molar-refractivity contribution >= 4 is 28.8 Å². The molecule has 2 fully saturated rings. The lowest BCUT2D eigenvalue weighted by Crippen LogP contribution is -2.58. The number of hydrogen-bond acceptors (Lipinski definition) is 9. The van der Waals surface area contributed by atoms with E-state index in [4.69, 9.17) is 21.9 Å². The first-order valence-corrected chi connectivity index (χ1v) is 11.4. The smallest absolute Gasteiger partial charge is 0.253 e. The molecule has 2 atom stereocenters. The maximum atomic E-state index is 13.0. The first-order chi connectivity index (χ1) is 16.2. The SMILES string of the molecule is C[C@@]1(O)CC2(CCN(C(=O)c3cccc(CN)c3)CC2)OC[C@H]1n1cnc2c(N)nc(N)nc21. The van der Waals surface area contributed by atoms with Gasteiger partial charge in [0.1, 0.15) is 5.52 Å². The Labute approximate surface area is 196 Å². The molecule has 0 radical (unpaired) electrons. The molecule has 2 saturated heterocycles. The van der Waals surface area contributed by atoms with Crippen molar-refractivity contribution in [3.63, 3.8) is 0 Å². The fraction of sp³-hybridized carbons (Fsp3) is 0.478. The molecule has 2 aliphatic heterocycles. The summed E-state index contributed by atoms with van der Waals surface area (Å²) in [4.78, 5) is 27.4. The zero-order chi connectivity index (χ0) is 24.1. The summed E-state index contributed by atoms with van der Waals surface area (Å²) in [7, 11) is 0. The van der Waals surface area contributed by atoms with Crippen LogP contribution < -0.4 is 17.2 Å². The van der Waals surface area contributed by atoms with Gasteiger partial charge in [-0.15, -0.1) is 0 Å². The second kappa shape index (κ2) is 8.19. The number of aromatic nitrogens is 4. The summed E-state index contributed by atoms with van der Waals surface area (Å²) in [5.74, 6) is 0.238. The lowest BCUT2D eigenvalue weighted by molar-refractivity contribution is -0.194. The quantitative estimate of drug-likeness (QED) is 0.436. The molecule has 1 aromatic carbocycles. The van der Waals surface area contributed by atoms with Gasteiger partial charge in [-0.25, -0.2) is 4.98 Å². The van der Waals surface area contributed by atoms with E-state index in [0.717, 1.165) is 5.56 Å². The Morgan fingerprint density at radius 1 is 1.26 bits per heavy atom. The number of ether oxygens (including phenoxy) is 1. The molecule has 11 nitrogen and oxygen atoms in total. The fourth-order valence-corrected chi connectivity index (χ4v) is 5.27. The van der Waals surface area contributed by atoms with Gasteiger partial charge in [0.25, 0.3) is 5.91 Å². The average molecular weight is 467 g/mol. The number of hydrogen-bond donors (Lipinski definition) is 4. The van der Waals surface area contributed by atoms with E-state index in [1.807, 2.05) is 29.2 Å².